The number of likely N-dealkylation sites (tertiary alicyclic amines) is 1. The Hall–Kier alpha value is -2.06. The molecule has 1 aliphatic heterocycles. The molecule has 4 nitrogen and oxygen atoms in total. The topological polar surface area (TPSA) is 57.0 Å². The third-order valence-corrected chi connectivity index (χ3v) is 5.69. The summed E-state index contributed by atoms with van der Waals surface area (Å²) in [5, 5.41) is 11.1. The Bertz CT molecular complexity index is 828. The molecule has 1 aromatic heterocycles. The Morgan fingerprint density at radius 3 is 3.00 bits per heavy atom. The van der Waals surface area contributed by atoms with E-state index in [1.807, 2.05) is 17.0 Å². The first-order valence-electron chi connectivity index (χ1n) is 8.85. The SMILES string of the molecule is CCc1ccc2nc(SCC(=O)N3CCCC(C)C3)c(C#N)cc2c1. The number of aromatic nitrogens is 1. The first-order valence-corrected chi connectivity index (χ1v) is 9.83. The molecule has 5 heteroatoms. The van der Waals surface area contributed by atoms with Crippen molar-refractivity contribution in [3.63, 3.8) is 0 Å². The van der Waals surface area contributed by atoms with Gasteiger partial charge in [-0.1, -0.05) is 31.7 Å². The fourth-order valence-electron chi connectivity index (χ4n) is 3.26. The van der Waals surface area contributed by atoms with E-state index >= 15 is 0 Å². The largest absolute Gasteiger partial charge is 0.342 e. The van der Waals surface area contributed by atoms with Crippen LogP contribution in [-0.4, -0.2) is 34.6 Å². The summed E-state index contributed by atoms with van der Waals surface area (Å²) in [7, 11) is 0. The van der Waals surface area contributed by atoms with Gasteiger partial charge in [-0.25, -0.2) is 4.98 Å². The Balaban J connectivity index is 1.76. The second-order valence-corrected chi connectivity index (χ2v) is 7.67. The van der Waals surface area contributed by atoms with Crippen LogP contribution in [0.4, 0.5) is 0 Å². The van der Waals surface area contributed by atoms with Gasteiger partial charge >= 0.3 is 0 Å². The molecule has 1 unspecified atom stereocenters. The number of rotatable bonds is 4. The molecule has 1 aromatic carbocycles. The number of nitrogens with zero attached hydrogens (tertiary/aromatic N) is 3. The van der Waals surface area contributed by atoms with Crippen LogP contribution >= 0.6 is 11.8 Å². The summed E-state index contributed by atoms with van der Waals surface area (Å²) >= 11 is 1.37. The van der Waals surface area contributed by atoms with E-state index in [9.17, 15) is 10.1 Å². The number of amides is 1. The maximum Gasteiger partial charge on any atom is 0.232 e. The highest BCUT2D eigenvalue weighted by Crippen LogP contribution is 2.26. The zero-order valence-electron chi connectivity index (χ0n) is 14.8. The molecular weight excluding hydrogens is 330 g/mol. The van der Waals surface area contributed by atoms with Crippen molar-refractivity contribution >= 4 is 28.6 Å². The normalized spacial score (nSPS) is 17.5. The number of carbonyl (C=O) groups is 1. The van der Waals surface area contributed by atoms with E-state index in [4.69, 9.17) is 0 Å². The number of nitriles is 1. The molecule has 130 valence electrons. The first-order chi connectivity index (χ1) is 12.1. The summed E-state index contributed by atoms with van der Waals surface area (Å²) in [6.45, 7) is 5.99. The number of hydrogen-bond acceptors (Lipinski definition) is 4. The van der Waals surface area contributed by atoms with Gasteiger partial charge in [0.05, 0.1) is 16.8 Å². The highest BCUT2D eigenvalue weighted by atomic mass is 32.2. The van der Waals surface area contributed by atoms with Gasteiger partial charge in [0.25, 0.3) is 0 Å². The molecule has 0 bridgehead atoms. The second kappa shape index (κ2) is 7.88. The van der Waals surface area contributed by atoms with Crippen molar-refractivity contribution in [3.05, 3.63) is 35.4 Å². The van der Waals surface area contributed by atoms with Gasteiger partial charge in [0.2, 0.25) is 5.91 Å². The van der Waals surface area contributed by atoms with E-state index in [1.165, 1.54) is 23.7 Å². The molecule has 0 spiro atoms. The van der Waals surface area contributed by atoms with E-state index in [0.717, 1.165) is 36.8 Å². The van der Waals surface area contributed by atoms with Crippen LogP contribution in [0.25, 0.3) is 10.9 Å². The van der Waals surface area contributed by atoms with Crippen molar-refractivity contribution in [2.24, 2.45) is 5.92 Å². The lowest BCUT2D eigenvalue weighted by atomic mass is 10.0. The van der Waals surface area contributed by atoms with Crippen molar-refractivity contribution in [2.45, 2.75) is 38.1 Å². The summed E-state index contributed by atoms with van der Waals surface area (Å²) in [4.78, 5) is 19.0. The number of piperidine rings is 1. The van der Waals surface area contributed by atoms with Crippen molar-refractivity contribution in [3.8, 4) is 6.07 Å². The quantitative estimate of drug-likeness (QED) is 0.779. The van der Waals surface area contributed by atoms with E-state index < -0.39 is 0 Å². The number of hydrogen-bond donors (Lipinski definition) is 0. The average molecular weight is 353 g/mol. The molecule has 2 heterocycles. The molecule has 1 saturated heterocycles. The Kier molecular flexibility index (Phi) is 5.60. The van der Waals surface area contributed by atoms with Gasteiger partial charge in [0.1, 0.15) is 11.1 Å². The Morgan fingerprint density at radius 1 is 1.44 bits per heavy atom. The molecule has 0 radical (unpaired) electrons. The van der Waals surface area contributed by atoms with Crippen LogP contribution < -0.4 is 0 Å². The van der Waals surface area contributed by atoms with Gasteiger partial charge in [-0.3, -0.25) is 4.79 Å². The minimum absolute atomic E-state index is 0.142. The summed E-state index contributed by atoms with van der Waals surface area (Å²) in [5.41, 5.74) is 2.65. The molecule has 0 N–H and O–H groups in total. The summed E-state index contributed by atoms with van der Waals surface area (Å²) < 4.78 is 0. The van der Waals surface area contributed by atoms with Crippen molar-refractivity contribution in [1.29, 1.82) is 5.26 Å². The van der Waals surface area contributed by atoms with Crippen LogP contribution in [0, 0.1) is 17.2 Å². The summed E-state index contributed by atoms with van der Waals surface area (Å²) in [6, 6.07) is 10.3. The lowest BCUT2D eigenvalue weighted by molar-refractivity contribution is -0.130. The molecule has 25 heavy (non-hydrogen) atoms. The van der Waals surface area contributed by atoms with E-state index in [-0.39, 0.29) is 5.91 Å². The Labute approximate surface area is 153 Å². The molecule has 3 rings (SSSR count). The maximum absolute atomic E-state index is 12.5. The van der Waals surface area contributed by atoms with E-state index in [1.54, 1.807) is 0 Å². The van der Waals surface area contributed by atoms with Gasteiger partial charge in [0, 0.05) is 18.5 Å². The zero-order valence-corrected chi connectivity index (χ0v) is 15.6. The third kappa shape index (κ3) is 4.13. The highest BCUT2D eigenvalue weighted by Gasteiger charge is 2.21. The maximum atomic E-state index is 12.5. The van der Waals surface area contributed by atoms with Gasteiger partial charge in [0.15, 0.2) is 0 Å². The number of fused-ring (bicyclic) bond motifs is 1. The number of aryl methyl sites for hydroxylation is 1. The molecular formula is C20H23N3OS. The second-order valence-electron chi connectivity index (χ2n) is 6.71. The number of pyridine rings is 1. The van der Waals surface area contributed by atoms with Crippen LogP contribution in [0.2, 0.25) is 0 Å². The van der Waals surface area contributed by atoms with Crippen molar-refractivity contribution in [2.75, 3.05) is 18.8 Å². The van der Waals surface area contributed by atoms with Crippen LogP contribution in [0.3, 0.4) is 0 Å². The van der Waals surface area contributed by atoms with Crippen LogP contribution in [-0.2, 0) is 11.2 Å². The fourth-order valence-corrected chi connectivity index (χ4v) is 4.12. The van der Waals surface area contributed by atoms with Gasteiger partial charge in [-0.05, 0) is 48.9 Å². The first kappa shape index (κ1) is 17.8. The summed E-state index contributed by atoms with van der Waals surface area (Å²) in [6.07, 6.45) is 3.23. The predicted molar refractivity (Wildman–Crippen MR) is 102 cm³/mol. The van der Waals surface area contributed by atoms with Crippen molar-refractivity contribution < 1.29 is 4.79 Å². The lowest BCUT2D eigenvalue weighted by Crippen LogP contribution is -2.40. The Morgan fingerprint density at radius 2 is 2.28 bits per heavy atom. The standard InChI is InChI=1S/C20H23N3OS/c1-3-15-6-7-18-16(9-15)10-17(11-21)20(22-18)25-13-19(24)23-8-4-5-14(2)12-23/h6-7,9-10,14H,3-5,8,12-13H2,1-2H3. The number of thioether (sulfide) groups is 1. The number of benzene rings is 1. The number of carbonyl (C=O) groups excluding carboxylic acids is 1. The monoisotopic (exact) mass is 353 g/mol. The van der Waals surface area contributed by atoms with Crippen LogP contribution in [0.1, 0.15) is 37.8 Å². The van der Waals surface area contributed by atoms with E-state index in [0.29, 0.717) is 22.3 Å². The lowest BCUT2D eigenvalue weighted by Gasteiger charge is -2.30. The highest BCUT2D eigenvalue weighted by molar-refractivity contribution is 8.00. The molecule has 1 amide bonds. The average Bonchev–Trinajstić information content (AvgIpc) is 2.64. The zero-order chi connectivity index (χ0) is 17.8. The predicted octanol–water partition coefficient (Wildman–Crippen LogP) is 4.02. The molecule has 1 atom stereocenters. The fraction of sp³-hybridized carbons (Fsp3) is 0.450. The minimum Gasteiger partial charge on any atom is -0.342 e. The smallest absolute Gasteiger partial charge is 0.232 e. The molecule has 1 aliphatic rings. The van der Waals surface area contributed by atoms with E-state index in [2.05, 4.69) is 37.0 Å². The van der Waals surface area contributed by atoms with Crippen molar-refractivity contribution in [1.82, 2.24) is 9.88 Å². The van der Waals surface area contributed by atoms with Gasteiger partial charge < -0.3 is 4.90 Å². The molecule has 0 aliphatic carbocycles. The summed E-state index contributed by atoms with van der Waals surface area (Å²) in [5.74, 6) is 1.06. The minimum atomic E-state index is 0.142. The van der Waals surface area contributed by atoms with Gasteiger partial charge in [-0.2, -0.15) is 5.26 Å². The molecule has 1 fully saturated rings. The van der Waals surface area contributed by atoms with Gasteiger partial charge in [-0.15, -0.1) is 0 Å². The molecule has 2 aromatic rings. The molecule has 0 saturated carbocycles. The van der Waals surface area contributed by atoms with Crippen LogP contribution in [0.15, 0.2) is 29.3 Å². The third-order valence-electron chi connectivity index (χ3n) is 4.71. The van der Waals surface area contributed by atoms with Crippen LogP contribution in [0.5, 0.6) is 0 Å².